The highest BCUT2D eigenvalue weighted by atomic mass is 35.5. The van der Waals surface area contributed by atoms with E-state index in [9.17, 15) is 4.79 Å². The Morgan fingerprint density at radius 2 is 2.00 bits per heavy atom. The minimum Gasteiger partial charge on any atom is -0.493 e. The van der Waals surface area contributed by atoms with Crippen molar-refractivity contribution in [2.75, 3.05) is 6.61 Å². The summed E-state index contributed by atoms with van der Waals surface area (Å²) in [6.07, 6.45) is 4.57. The molecular formula is C16H19ClO2. The third-order valence-electron chi connectivity index (χ3n) is 3.66. The maximum atomic E-state index is 11.9. The Hall–Kier alpha value is -1.28. The molecule has 2 rings (SSSR count). The van der Waals surface area contributed by atoms with Crippen LogP contribution in [0.4, 0.5) is 0 Å². The molecule has 0 spiro atoms. The number of Topliss-reactive ketones (excluding diaryl/α,β-unsaturated/α-hetero) is 1. The number of ketones is 1. The predicted molar refractivity (Wildman–Crippen MR) is 77.7 cm³/mol. The highest BCUT2D eigenvalue weighted by Gasteiger charge is 2.48. The molecule has 102 valence electrons. The summed E-state index contributed by atoms with van der Waals surface area (Å²) < 4.78 is 5.81. The number of carbonyl (C=O) groups excluding carboxylic acids is 1. The third-order valence-corrected chi connectivity index (χ3v) is 3.92. The zero-order chi connectivity index (χ0) is 13.9. The van der Waals surface area contributed by atoms with E-state index in [1.807, 2.05) is 44.2 Å². The van der Waals surface area contributed by atoms with Gasteiger partial charge in [-0.25, -0.2) is 0 Å². The monoisotopic (exact) mass is 278 g/mol. The van der Waals surface area contributed by atoms with E-state index >= 15 is 0 Å². The van der Waals surface area contributed by atoms with Crippen LogP contribution in [0.1, 0.15) is 33.1 Å². The number of ether oxygens (including phenoxy) is 1. The van der Waals surface area contributed by atoms with Gasteiger partial charge in [-0.3, -0.25) is 4.79 Å². The van der Waals surface area contributed by atoms with Gasteiger partial charge in [0.25, 0.3) is 0 Å². The minimum absolute atomic E-state index is 0.0541. The normalized spacial score (nSPS) is 17.1. The van der Waals surface area contributed by atoms with Crippen LogP contribution in [0.2, 0.25) is 5.02 Å². The van der Waals surface area contributed by atoms with Gasteiger partial charge in [-0.2, -0.15) is 0 Å². The van der Waals surface area contributed by atoms with Crippen LogP contribution in [0.25, 0.3) is 0 Å². The lowest BCUT2D eigenvalue weighted by molar-refractivity contribution is -0.116. The number of hydrogen-bond donors (Lipinski definition) is 0. The van der Waals surface area contributed by atoms with Crippen LogP contribution in [0.5, 0.6) is 5.75 Å². The van der Waals surface area contributed by atoms with E-state index in [1.165, 1.54) is 0 Å². The average Bonchev–Trinajstić information content (AvgIpc) is 3.19. The van der Waals surface area contributed by atoms with Gasteiger partial charge in [-0.1, -0.05) is 24.6 Å². The lowest BCUT2D eigenvalue weighted by atomic mass is 9.91. The van der Waals surface area contributed by atoms with Gasteiger partial charge in [-0.15, -0.1) is 0 Å². The van der Waals surface area contributed by atoms with Crippen molar-refractivity contribution in [2.45, 2.75) is 33.1 Å². The first-order valence-electron chi connectivity index (χ1n) is 6.69. The molecule has 0 amide bonds. The van der Waals surface area contributed by atoms with Crippen molar-refractivity contribution in [2.24, 2.45) is 5.41 Å². The zero-order valence-corrected chi connectivity index (χ0v) is 12.2. The summed E-state index contributed by atoms with van der Waals surface area (Å²) in [7, 11) is 0. The van der Waals surface area contributed by atoms with Crippen LogP contribution in [-0.4, -0.2) is 12.4 Å². The molecule has 0 atom stereocenters. The van der Waals surface area contributed by atoms with Gasteiger partial charge in [-0.05, 0) is 44.0 Å². The molecule has 1 aromatic rings. The van der Waals surface area contributed by atoms with Gasteiger partial charge in [0.15, 0.2) is 5.78 Å². The van der Waals surface area contributed by atoms with Crippen LogP contribution in [0.15, 0.2) is 35.9 Å². The Kier molecular flexibility index (Phi) is 4.31. The van der Waals surface area contributed by atoms with Crippen molar-refractivity contribution in [3.63, 3.8) is 0 Å². The zero-order valence-electron chi connectivity index (χ0n) is 11.4. The summed E-state index contributed by atoms with van der Waals surface area (Å²) >= 11 is 5.84. The molecule has 19 heavy (non-hydrogen) atoms. The Morgan fingerprint density at radius 3 is 2.47 bits per heavy atom. The van der Waals surface area contributed by atoms with Gasteiger partial charge in [0.1, 0.15) is 5.75 Å². The van der Waals surface area contributed by atoms with E-state index < -0.39 is 0 Å². The SMILES string of the molecule is C/C=C(\C(=O)CC)C1(COc2ccc(Cl)cc2)CC1. The van der Waals surface area contributed by atoms with E-state index in [4.69, 9.17) is 16.3 Å². The molecule has 0 aliphatic heterocycles. The first kappa shape index (κ1) is 14.1. The second-order valence-electron chi connectivity index (χ2n) is 5.00. The lowest BCUT2D eigenvalue weighted by Crippen LogP contribution is -2.21. The molecule has 0 heterocycles. The number of halogens is 1. The van der Waals surface area contributed by atoms with Crippen molar-refractivity contribution < 1.29 is 9.53 Å². The molecule has 3 heteroatoms. The fourth-order valence-corrected chi connectivity index (χ4v) is 2.47. The Bertz CT molecular complexity index is 484. The van der Waals surface area contributed by atoms with Crippen molar-refractivity contribution in [3.8, 4) is 5.75 Å². The Morgan fingerprint density at radius 1 is 1.37 bits per heavy atom. The van der Waals surface area contributed by atoms with Gasteiger partial charge < -0.3 is 4.74 Å². The fourth-order valence-electron chi connectivity index (χ4n) is 2.35. The van der Waals surface area contributed by atoms with Crippen molar-refractivity contribution in [3.05, 3.63) is 40.9 Å². The molecule has 1 aliphatic rings. The van der Waals surface area contributed by atoms with E-state index in [-0.39, 0.29) is 11.2 Å². The highest BCUT2D eigenvalue weighted by molar-refractivity contribution is 6.30. The summed E-state index contributed by atoms with van der Waals surface area (Å²) in [5.41, 5.74) is 0.880. The van der Waals surface area contributed by atoms with Gasteiger partial charge >= 0.3 is 0 Å². The highest BCUT2D eigenvalue weighted by Crippen LogP contribution is 2.52. The molecule has 0 radical (unpaired) electrons. The average molecular weight is 279 g/mol. The molecule has 1 aliphatic carbocycles. The van der Waals surface area contributed by atoms with Crippen molar-refractivity contribution in [1.82, 2.24) is 0 Å². The fraction of sp³-hybridized carbons (Fsp3) is 0.438. The van der Waals surface area contributed by atoms with Gasteiger partial charge in [0, 0.05) is 22.4 Å². The van der Waals surface area contributed by atoms with Crippen LogP contribution >= 0.6 is 11.6 Å². The van der Waals surface area contributed by atoms with Crippen molar-refractivity contribution in [1.29, 1.82) is 0 Å². The molecule has 1 fully saturated rings. The van der Waals surface area contributed by atoms with E-state index in [0.29, 0.717) is 18.1 Å². The number of allylic oxidation sites excluding steroid dienone is 1. The van der Waals surface area contributed by atoms with E-state index in [2.05, 4.69) is 0 Å². The number of carbonyl (C=O) groups is 1. The second-order valence-corrected chi connectivity index (χ2v) is 5.44. The molecule has 0 unspecified atom stereocenters. The van der Waals surface area contributed by atoms with Crippen molar-refractivity contribution >= 4 is 17.4 Å². The molecule has 0 N–H and O–H groups in total. The Balaban J connectivity index is 2.02. The summed E-state index contributed by atoms with van der Waals surface area (Å²) in [4.78, 5) is 11.9. The first-order valence-corrected chi connectivity index (χ1v) is 7.07. The molecule has 1 saturated carbocycles. The first-order chi connectivity index (χ1) is 9.11. The molecule has 0 aromatic heterocycles. The van der Waals surface area contributed by atoms with E-state index in [0.717, 1.165) is 24.2 Å². The van der Waals surface area contributed by atoms with Crippen LogP contribution in [0, 0.1) is 5.41 Å². The number of rotatable bonds is 6. The van der Waals surface area contributed by atoms with Crippen LogP contribution in [-0.2, 0) is 4.79 Å². The number of hydrogen-bond acceptors (Lipinski definition) is 2. The van der Waals surface area contributed by atoms with E-state index in [1.54, 1.807) is 0 Å². The molecule has 0 saturated heterocycles. The van der Waals surface area contributed by atoms with Crippen LogP contribution in [0.3, 0.4) is 0 Å². The minimum atomic E-state index is -0.0541. The predicted octanol–water partition coefficient (Wildman–Crippen LogP) is 4.42. The largest absolute Gasteiger partial charge is 0.493 e. The molecular weight excluding hydrogens is 260 g/mol. The third kappa shape index (κ3) is 3.19. The second kappa shape index (κ2) is 5.79. The lowest BCUT2D eigenvalue weighted by Gasteiger charge is -2.18. The van der Waals surface area contributed by atoms with Crippen LogP contribution < -0.4 is 4.74 Å². The maximum Gasteiger partial charge on any atom is 0.158 e. The quantitative estimate of drug-likeness (QED) is 0.720. The summed E-state index contributed by atoms with van der Waals surface area (Å²) in [5, 5.41) is 0.698. The summed E-state index contributed by atoms with van der Waals surface area (Å²) in [5.74, 6) is 1.04. The number of benzene rings is 1. The molecule has 0 bridgehead atoms. The Labute approximate surface area is 119 Å². The smallest absolute Gasteiger partial charge is 0.158 e. The van der Waals surface area contributed by atoms with Gasteiger partial charge in [0.05, 0.1) is 6.61 Å². The maximum absolute atomic E-state index is 11.9. The molecule has 2 nitrogen and oxygen atoms in total. The van der Waals surface area contributed by atoms with Gasteiger partial charge in [0.2, 0.25) is 0 Å². The standard InChI is InChI=1S/C16H19ClO2/c1-3-14(15(18)4-2)16(9-10-16)11-19-13-7-5-12(17)6-8-13/h3,5-8H,4,9-11H2,1-2H3/b14-3+. The summed E-state index contributed by atoms with van der Waals surface area (Å²) in [6.45, 7) is 4.41. The molecule has 1 aromatic carbocycles. The topological polar surface area (TPSA) is 26.3 Å². The summed E-state index contributed by atoms with van der Waals surface area (Å²) in [6, 6.07) is 7.33.